The van der Waals surface area contributed by atoms with Gasteiger partial charge < -0.3 is 20.7 Å². The number of hydrogen-bond acceptors (Lipinski definition) is 5. The zero-order valence-electron chi connectivity index (χ0n) is 14.7. The van der Waals surface area contributed by atoms with Crippen molar-refractivity contribution in [2.75, 3.05) is 17.2 Å². The molecule has 9 heteroatoms. The van der Waals surface area contributed by atoms with Crippen LogP contribution in [0.4, 0.5) is 16.2 Å². The summed E-state index contributed by atoms with van der Waals surface area (Å²) >= 11 is 0. The molecule has 1 aromatic rings. The molecule has 138 valence electrons. The van der Waals surface area contributed by atoms with E-state index >= 15 is 0 Å². The Kier molecular flexibility index (Phi) is 4.31. The van der Waals surface area contributed by atoms with Crippen molar-refractivity contribution in [3.63, 3.8) is 0 Å². The lowest BCUT2D eigenvalue weighted by atomic mass is 10.1. The maximum atomic E-state index is 12.1. The molecule has 1 fully saturated rings. The fraction of sp³-hybridized carbons (Fsp3) is 0.412. The van der Waals surface area contributed by atoms with Crippen LogP contribution < -0.4 is 20.7 Å². The Bertz CT molecular complexity index is 804. The van der Waals surface area contributed by atoms with Crippen molar-refractivity contribution < 1.29 is 23.9 Å². The number of amides is 5. The van der Waals surface area contributed by atoms with Crippen molar-refractivity contribution in [1.82, 2.24) is 10.2 Å². The summed E-state index contributed by atoms with van der Waals surface area (Å²) in [5, 5.41) is 7.94. The van der Waals surface area contributed by atoms with Crippen LogP contribution in [0.2, 0.25) is 0 Å². The van der Waals surface area contributed by atoms with Gasteiger partial charge in [0.15, 0.2) is 6.10 Å². The van der Waals surface area contributed by atoms with E-state index in [0.717, 1.165) is 4.90 Å². The van der Waals surface area contributed by atoms with E-state index in [9.17, 15) is 19.2 Å². The van der Waals surface area contributed by atoms with Crippen LogP contribution in [0.1, 0.15) is 27.2 Å². The van der Waals surface area contributed by atoms with Crippen molar-refractivity contribution in [1.29, 1.82) is 0 Å². The summed E-state index contributed by atoms with van der Waals surface area (Å²) in [4.78, 5) is 48.7. The number of nitrogens with one attached hydrogen (secondary N) is 3. The van der Waals surface area contributed by atoms with Gasteiger partial charge in [-0.25, -0.2) is 4.79 Å². The monoisotopic (exact) mass is 360 g/mol. The number of urea groups is 1. The highest BCUT2D eigenvalue weighted by Gasteiger charge is 2.44. The first-order valence-corrected chi connectivity index (χ1v) is 8.23. The van der Waals surface area contributed by atoms with Crippen molar-refractivity contribution in [3.05, 3.63) is 18.2 Å². The Morgan fingerprint density at radius 3 is 2.69 bits per heavy atom. The largest absolute Gasteiger partial charge is 0.479 e. The highest BCUT2D eigenvalue weighted by molar-refractivity contribution is 6.07. The van der Waals surface area contributed by atoms with E-state index < -0.39 is 17.7 Å². The minimum Gasteiger partial charge on any atom is -0.479 e. The average molecular weight is 360 g/mol. The van der Waals surface area contributed by atoms with E-state index in [1.807, 2.05) is 0 Å². The number of benzene rings is 1. The Morgan fingerprint density at radius 1 is 1.31 bits per heavy atom. The third-order valence-corrected chi connectivity index (χ3v) is 4.20. The van der Waals surface area contributed by atoms with Crippen LogP contribution in [0.25, 0.3) is 0 Å². The van der Waals surface area contributed by atoms with Crippen LogP contribution in [0.5, 0.6) is 5.75 Å². The Labute approximate surface area is 150 Å². The number of imide groups is 1. The normalized spacial score (nSPS) is 20.8. The molecule has 0 bridgehead atoms. The van der Waals surface area contributed by atoms with Gasteiger partial charge in [0.1, 0.15) is 11.3 Å². The first-order valence-electron chi connectivity index (χ1n) is 8.23. The van der Waals surface area contributed by atoms with Crippen LogP contribution in [0, 0.1) is 0 Å². The topological polar surface area (TPSA) is 117 Å². The molecule has 0 aliphatic carbocycles. The van der Waals surface area contributed by atoms with E-state index in [-0.39, 0.29) is 30.7 Å². The average Bonchev–Trinajstić information content (AvgIpc) is 2.75. The fourth-order valence-corrected chi connectivity index (χ4v) is 2.74. The smallest absolute Gasteiger partial charge is 0.325 e. The number of hydrogen-bond donors (Lipinski definition) is 3. The Hall–Kier alpha value is -3.10. The van der Waals surface area contributed by atoms with Crippen LogP contribution >= 0.6 is 0 Å². The van der Waals surface area contributed by atoms with Crippen molar-refractivity contribution in [2.24, 2.45) is 0 Å². The Morgan fingerprint density at radius 2 is 2.04 bits per heavy atom. The fourth-order valence-electron chi connectivity index (χ4n) is 2.74. The Balaban J connectivity index is 1.59. The molecule has 1 atom stereocenters. The van der Waals surface area contributed by atoms with Gasteiger partial charge in [-0.1, -0.05) is 0 Å². The third kappa shape index (κ3) is 3.32. The van der Waals surface area contributed by atoms with E-state index in [4.69, 9.17) is 4.74 Å². The van der Waals surface area contributed by atoms with Crippen LogP contribution in [0.3, 0.4) is 0 Å². The second-order valence-electron chi connectivity index (χ2n) is 6.77. The van der Waals surface area contributed by atoms with E-state index in [2.05, 4.69) is 16.0 Å². The van der Waals surface area contributed by atoms with Gasteiger partial charge in [0, 0.05) is 18.7 Å². The number of rotatable bonds is 4. The summed E-state index contributed by atoms with van der Waals surface area (Å²) in [6, 6.07) is 4.39. The molecule has 0 aromatic heterocycles. The SMILES string of the molecule is C[C@H]1Oc2ccc(NC(=O)CCN3C(=O)NC(C)(C)C3=O)cc2NC1=O. The molecule has 2 aliphatic rings. The minimum absolute atomic E-state index is 0.0117. The maximum Gasteiger partial charge on any atom is 0.325 e. The number of carbonyl (C=O) groups excluding carboxylic acids is 4. The van der Waals surface area contributed by atoms with Crippen molar-refractivity contribution in [2.45, 2.75) is 38.8 Å². The lowest BCUT2D eigenvalue weighted by Crippen LogP contribution is -2.40. The molecule has 1 aromatic carbocycles. The van der Waals surface area contributed by atoms with Gasteiger partial charge in [-0.05, 0) is 39.0 Å². The standard InChI is InChI=1S/C17H20N4O5/c1-9-14(23)19-11-8-10(4-5-12(11)26-9)18-13(22)6-7-21-15(24)17(2,3)20-16(21)25/h4-5,8-9H,6-7H2,1-3H3,(H,18,22)(H,19,23)(H,20,25)/t9-/m1/s1. The minimum atomic E-state index is -0.957. The number of nitrogens with zero attached hydrogens (tertiary/aromatic N) is 1. The predicted octanol–water partition coefficient (Wildman–Crippen LogP) is 1.06. The molecule has 3 rings (SSSR count). The van der Waals surface area contributed by atoms with Crippen molar-refractivity contribution >= 4 is 35.1 Å². The van der Waals surface area contributed by atoms with Crippen LogP contribution in [0.15, 0.2) is 18.2 Å². The molecule has 5 amide bonds. The van der Waals surface area contributed by atoms with Crippen LogP contribution in [-0.4, -0.2) is 46.8 Å². The number of ether oxygens (including phenoxy) is 1. The summed E-state index contributed by atoms with van der Waals surface area (Å²) in [6.07, 6.45) is -0.608. The summed E-state index contributed by atoms with van der Waals surface area (Å²) in [5.74, 6) is -0.455. The lowest BCUT2D eigenvalue weighted by molar-refractivity contribution is -0.130. The highest BCUT2D eigenvalue weighted by Crippen LogP contribution is 2.32. The second kappa shape index (κ2) is 6.32. The summed E-state index contributed by atoms with van der Waals surface area (Å²) in [7, 11) is 0. The molecule has 0 unspecified atom stereocenters. The lowest BCUT2D eigenvalue weighted by Gasteiger charge is -2.23. The molecule has 0 spiro atoms. The van der Waals surface area contributed by atoms with E-state index in [1.54, 1.807) is 39.0 Å². The van der Waals surface area contributed by atoms with Gasteiger partial charge in [-0.2, -0.15) is 0 Å². The van der Waals surface area contributed by atoms with Gasteiger partial charge in [-0.3, -0.25) is 19.3 Å². The summed E-state index contributed by atoms with van der Waals surface area (Å²) in [5.41, 5.74) is -0.00650. The molecule has 9 nitrogen and oxygen atoms in total. The quantitative estimate of drug-likeness (QED) is 0.694. The molecule has 2 heterocycles. The molecular weight excluding hydrogens is 340 g/mol. The van der Waals surface area contributed by atoms with E-state index in [1.165, 1.54) is 0 Å². The van der Waals surface area contributed by atoms with Crippen LogP contribution in [-0.2, 0) is 14.4 Å². The zero-order chi connectivity index (χ0) is 19.1. The van der Waals surface area contributed by atoms with Gasteiger partial charge in [0.25, 0.3) is 11.8 Å². The van der Waals surface area contributed by atoms with Gasteiger partial charge in [0.05, 0.1) is 5.69 Å². The third-order valence-electron chi connectivity index (χ3n) is 4.20. The molecule has 1 saturated heterocycles. The zero-order valence-corrected chi connectivity index (χ0v) is 14.7. The molecular formula is C17H20N4O5. The number of anilines is 2. The molecule has 26 heavy (non-hydrogen) atoms. The first-order chi connectivity index (χ1) is 12.2. The summed E-state index contributed by atoms with van der Waals surface area (Å²) in [6.45, 7) is 4.85. The van der Waals surface area contributed by atoms with Gasteiger partial charge in [-0.15, -0.1) is 0 Å². The number of carbonyl (C=O) groups is 4. The predicted molar refractivity (Wildman–Crippen MR) is 92.7 cm³/mol. The van der Waals surface area contributed by atoms with E-state index in [0.29, 0.717) is 17.1 Å². The molecule has 0 radical (unpaired) electrons. The summed E-state index contributed by atoms with van der Waals surface area (Å²) < 4.78 is 5.45. The first kappa shape index (κ1) is 17.7. The molecule has 0 saturated carbocycles. The van der Waals surface area contributed by atoms with Crippen molar-refractivity contribution in [3.8, 4) is 5.75 Å². The maximum absolute atomic E-state index is 12.1. The highest BCUT2D eigenvalue weighted by atomic mass is 16.5. The van der Waals surface area contributed by atoms with Gasteiger partial charge >= 0.3 is 6.03 Å². The number of fused-ring (bicyclic) bond motifs is 1. The molecule has 3 N–H and O–H groups in total. The molecule has 2 aliphatic heterocycles. The van der Waals surface area contributed by atoms with Gasteiger partial charge in [0.2, 0.25) is 5.91 Å². The second-order valence-corrected chi connectivity index (χ2v) is 6.77.